The number of carbonyl (C=O) groups excluding carboxylic acids is 1. The minimum Gasteiger partial charge on any atom is -0.317 e. The molecule has 0 amide bonds. The molecule has 1 rings (SSSR count). The van der Waals surface area contributed by atoms with E-state index in [1.165, 1.54) is 0 Å². The van der Waals surface area contributed by atoms with E-state index < -0.39 is 0 Å². The third-order valence-electron chi connectivity index (χ3n) is 1.98. The lowest BCUT2D eigenvalue weighted by Gasteiger charge is -2.08. The predicted octanol–water partition coefficient (Wildman–Crippen LogP) is 1.26. The third-order valence-corrected chi connectivity index (χ3v) is 1.98. The van der Waals surface area contributed by atoms with Crippen molar-refractivity contribution < 1.29 is 10.0 Å². The highest BCUT2D eigenvalue weighted by atomic mass is 16.5. The Morgan fingerprint density at radius 1 is 1.46 bits per heavy atom. The Morgan fingerprint density at radius 2 is 2.08 bits per heavy atom. The van der Waals surface area contributed by atoms with Crippen molar-refractivity contribution in [3.8, 4) is 0 Å². The molecule has 0 aromatic heterocycles. The summed E-state index contributed by atoms with van der Waals surface area (Å²) in [4.78, 5) is 10.6. The Kier molecular flexibility index (Phi) is 3.61. The van der Waals surface area contributed by atoms with Crippen LogP contribution < -0.4 is 5.48 Å². The molecule has 13 heavy (non-hydrogen) atoms. The van der Waals surface area contributed by atoms with Crippen molar-refractivity contribution in [2.24, 2.45) is 0 Å². The maximum Gasteiger partial charge on any atom is 0.128 e. The Bertz CT molecular complexity index is 269. The predicted molar refractivity (Wildman–Crippen MR) is 49.8 cm³/mol. The minimum atomic E-state index is -0.273. The van der Waals surface area contributed by atoms with Crippen molar-refractivity contribution in [1.82, 2.24) is 5.48 Å². The standard InChI is InChI=1S/C10H13NO2/c1-8-2-4-9(5-3-8)10(7-12)6-11-13/h2-5,7,10-11,13H,6H2,1H3. The fraction of sp³-hybridized carbons (Fsp3) is 0.300. The highest BCUT2D eigenvalue weighted by molar-refractivity contribution is 5.62. The third kappa shape index (κ3) is 2.65. The van der Waals surface area contributed by atoms with Crippen LogP contribution in [-0.4, -0.2) is 18.0 Å². The van der Waals surface area contributed by atoms with Gasteiger partial charge in [0.05, 0.1) is 5.92 Å². The molecule has 0 saturated carbocycles. The van der Waals surface area contributed by atoms with Gasteiger partial charge in [0, 0.05) is 6.54 Å². The Hall–Kier alpha value is -1.19. The van der Waals surface area contributed by atoms with Gasteiger partial charge in [0.15, 0.2) is 0 Å². The van der Waals surface area contributed by atoms with Gasteiger partial charge in [-0.2, -0.15) is 0 Å². The number of benzene rings is 1. The summed E-state index contributed by atoms with van der Waals surface area (Å²) in [6.45, 7) is 2.25. The number of carbonyl (C=O) groups is 1. The van der Waals surface area contributed by atoms with Crippen LogP contribution in [0.4, 0.5) is 0 Å². The number of hydroxylamine groups is 1. The van der Waals surface area contributed by atoms with E-state index in [-0.39, 0.29) is 12.5 Å². The molecule has 70 valence electrons. The second kappa shape index (κ2) is 4.74. The van der Waals surface area contributed by atoms with E-state index in [9.17, 15) is 4.79 Å². The van der Waals surface area contributed by atoms with Crippen LogP contribution in [-0.2, 0) is 4.79 Å². The topological polar surface area (TPSA) is 49.3 Å². The van der Waals surface area contributed by atoms with Crippen LogP contribution in [0.2, 0.25) is 0 Å². The van der Waals surface area contributed by atoms with Crippen LogP contribution in [0.3, 0.4) is 0 Å². The molecular weight excluding hydrogens is 166 g/mol. The number of rotatable bonds is 4. The highest BCUT2D eigenvalue weighted by Crippen LogP contribution is 2.13. The Balaban J connectivity index is 2.79. The smallest absolute Gasteiger partial charge is 0.128 e. The van der Waals surface area contributed by atoms with Crippen LogP contribution in [0.1, 0.15) is 17.0 Å². The average Bonchev–Trinajstić information content (AvgIpc) is 2.16. The van der Waals surface area contributed by atoms with Crippen LogP contribution >= 0.6 is 0 Å². The number of aldehydes is 1. The monoisotopic (exact) mass is 179 g/mol. The SMILES string of the molecule is Cc1ccc(C(C=O)CNO)cc1. The summed E-state index contributed by atoms with van der Waals surface area (Å²) >= 11 is 0. The molecule has 0 radical (unpaired) electrons. The first kappa shape index (κ1) is 9.89. The van der Waals surface area contributed by atoms with Crippen molar-refractivity contribution in [3.63, 3.8) is 0 Å². The summed E-state index contributed by atoms with van der Waals surface area (Å²) in [5.74, 6) is -0.273. The number of nitrogens with one attached hydrogen (secondary N) is 1. The number of hydrogen-bond acceptors (Lipinski definition) is 3. The van der Waals surface area contributed by atoms with E-state index in [2.05, 4.69) is 0 Å². The van der Waals surface area contributed by atoms with Gasteiger partial charge < -0.3 is 10.0 Å². The van der Waals surface area contributed by atoms with Crippen molar-refractivity contribution in [2.75, 3.05) is 6.54 Å². The molecule has 0 bridgehead atoms. The molecule has 1 unspecified atom stereocenters. The second-order valence-corrected chi connectivity index (χ2v) is 3.02. The maximum atomic E-state index is 10.6. The van der Waals surface area contributed by atoms with E-state index in [0.29, 0.717) is 0 Å². The van der Waals surface area contributed by atoms with E-state index in [1.807, 2.05) is 36.7 Å². The Morgan fingerprint density at radius 3 is 2.54 bits per heavy atom. The first-order chi connectivity index (χ1) is 6.27. The van der Waals surface area contributed by atoms with Crippen LogP contribution in [0, 0.1) is 6.92 Å². The lowest BCUT2D eigenvalue weighted by molar-refractivity contribution is -0.109. The summed E-state index contributed by atoms with van der Waals surface area (Å²) < 4.78 is 0. The molecule has 1 aromatic carbocycles. The van der Waals surface area contributed by atoms with Gasteiger partial charge in [-0.25, -0.2) is 5.48 Å². The molecule has 3 heteroatoms. The summed E-state index contributed by atoms with van der Waals surface area (Å²) in [6, 6.07) is 7.68. The van der Waals surface area contributed by atoms with Crippen molar-refractivity contribution in [1.29, 1.82) is 0 Å². The van der Waals surface area contributed by atoms with Gasteiger partial charge >= 0.3 is 0 Å². The van der Waals surface area contributed by atoms with E-state index >= 15 is 0 Å². The first-order valence-corrected chi connectivity index (χ1v) is 4.16. The van der Waals surface area contributed by atoms with Gasteiger partial charge in [0.1, 0.15) is 6.29 Å². The summed E-state index contributed by atoms with van der Waals surface area (Å²) in [5.41, 5.74) is 4.08. The zero-order valence-corrected chi connectivity index (χ0v) is 7.53. The molecule has 0 aliphatic heterocycles. The van der Waals surface area contributed by atoms with Crippen LogP contribution in [0.15, 0.2) is 24.3 Å². The first-order valence-electron chi connectivity index (χ1n) is 4.16. The van der Waals surface area contributed by atoms with Gasteiger partial charge in [-0.3, -0.25) is 0 Å². The second-order valence-electron chi connectivity index (χ2n) is 3.02. The van der Waals surface area contributed by atoms with Crippen molar-refractivity contribution in [3.05, 3.63) is 35.4 Å². The molecule has 1 atom stereocenters. The molecule has 0 fully saturated rings. The molecule has 3 nitrogen and oxygen atoms in total. The zero-order chi connectivity index (χ0) is 9.68. The van der Waals surface area contributed by atoms with Gasteiger partial charge in [-0.05, 0) is 12.5 Å². The summed E-state index contributed by atoms with van der Waals surface area (Å²) in [7, 11) is 0. The van der Waals surface area contributed by atoms with E-state index in [1.54, 1.807) is 0 Å². The average molecular weight is 179 g/mol. The molecular formula is C10H13NO2. The van der Waals surface area contributed by atoms with Gasteiger partial charge in [-0.15, -0.1) is 0 Å². The molecule has 0 aliphatic rings. The van der Waals surface area contributed by atoms with Gasteiger partial charge in [0.2, 0.25) is 0 Å². The lowest BCUT2D eigenvalue weighted by Crippen LogP contribution is -2.18. The molecule has 1 aromatic rings. The number of hydrogen-bond donors (Lipinski definition) is 2. The molecule has 0 spiro atoms. The van der Waals surface area contributed by atoms with E-state index in [4.69, 9.17) is 5.21 Å². The van der Waals surface area contributed by atoms with Gasteiger partial charge in [0.25, 0.3) is 0 Å². The fourth-order valence-corrected chi connectivity index (χ4v) is 1.16. The minimum absolute atomic E-state index is 0.257. The largest absolute Gasteiger partial charge is 0.317 e. The Labute approximate surface area is 77.4 Å². The van der Waals surface area contributed by atoms with Crippen molar-refractivity contribution >= 4 is 6.29 Å². The lowest BCUT2D eigenvalue weighted by atomic mass is 10.00. The summed E-state index contributed by atoms with van der Waals surface area (Å²) in [5, 5.41) is 8.47. The summed E-state index contributed by atoms with van der Waals surface area (Å²) in [6.07, 6.45) is 0.827. The fourth-order valence-electron chi connectivity index (χ4n) is 1.16. The number of aryl methyl sites for hydroxylation is 1. The quantitative estimate of drug-likeness (QED) is 0.540. The molecule has 0 aliphatic carbocycles. The zero-order valence-electron chi connectivity index (χ0n) is 7.53. The molecule has 2 N–H and O–H groups in total. The molecule has 0 saturated heterocycles. The molecule has 0 heterocycles. The van der Waals surface area contributed by atoms with E-state index in [0.717, 1.165) is 17.4 Å². The van der Waals surface area contributed by atoms with Crippen LogP contribution in [0.5, 0.6) is 0 Å². The van der Waals surface area contributed by atoms with Crippen molar-refractivity contribution in [2.45, 2.75) is 12.8 Å². The van der Waals surface area contributed by atoms with Gasteiger partial charge in [-0.1, -0.05) is 29.8 Å². The normalized spacial score (nSPS) is 12.5. The highest BCUT2D eigenvalue weighted by Gasteiger charge is 2.08. The van der Waals surface area contributed by atoms with Crippen LogP contribution in [0.25, 0.3) is 0 Å². The maximum absolute atomic E-state index is 10.6.